The monoisotopic (exact) mass is 325 g/mol. The van der Waals surface area contributed by atoms with Crippen molar-refractivity contribution < 1.29 is 9.26 Å². The number of benzene rings is 1. The van der Waals surface area contributed by atoms with Crippen molar-refractivity contribution in [2.75, 3.05) is 13.2 Å². The van der Waals surface area contributed by atoms with Gasteiger partial charge in [0.05, 0.1) is 6.61 Å². The van der Waals surface area contributed by atoms with Gasteiger partial charge < -0.3 is 15.0 Å². The second-order valence-electron chi connectivity index (χ2n) is 4.28. The van der Waals surface area contributed by atoms with E-state index in [-0.39, 0.29) is 0 Å². The number of ether oxygens (including phenoxy) is 1. The summed E-state index contributed by atoms with van der Waals surface area (Å²) in [5, 5.41) is 3.96. The van der Waals surface area contributed by atoms with E-state index in [9.17, 15) is 0 Å². The molecule has 0 fully saturated rings. The van der Waals surface area contributed by atoms with Crippen LogP contribution in [0.3, 0.4) is 0 Å². The lowest BCUT2D eigenvalue weighted by Gasteiger charge is -2.04. The van der Waals surface area contributed by atoms with E-state index in [0.717, 1.165) is 21.2 Å². The fourth-order valence-electron chi connectivity index (χ4n) is 1.75. The molecule has 1 heterocycles. The standard InChI is InChI=1S/C13H16BrN3O2/c1-8-5-10(6-9(2)12(8)14)13-16-11(19-17-13)7-18-4-3-15/h5-6H,3-4,7,15H2,1-2H3. The van der Waals surface area contributed by atoms with E-state index in [1.165, 1.54) is 0 Å². The second kappa shape index (κ2) is 6.27. The van der Waals surface area contributed by atoms with E-state index in [0.29, 0.717) is 31.5 Å². The van der Waals surface area contributed by atoms with Gasteiger partial charge in [0, 0.05) is 16.6 Å². The Morgan fingerprint density at radius 1 is 1.32 bits per heavy atom. The number of halogens is 1. The molecule has 1 aromatic carbocycles. The fourth-order valence-corrected chi connectivity index (χ4v) is 1.98. The first kappa shape index (κ1) is 14.2. The molecule has 2 rings (SSSR count). The molecule has 2 aromatic rings. The number of aromatic nitrogens is 2. The minimum absolute atomic E-state index is 0.290. The third-order valence-corrected chi connectivity index (χ3v) is 3.90. The maximum absolute atomic E-state index is 5.34. The van der Waals surface area contributed by atoms with Gasteiger partial charge in [0.25, 0.3) is 5.89 Å². The molecule has 0 aliphatic heterocycles. The van der Waals surface area contributed by atoms with Crippen molar-refractivity contribution in [2.24, 2.45) is 5.73 Å². The van der Waals surface area contributed by atoms with Gasteiger partial charge in [0.15, 0.2) is 0 Å². The van der Waals surface area contributed by atoms with Gasteiger partial charge in [-0.25, -0.2) is 0 Å². The van der Waals surface area contributed by atoms with Crippen LogP contribution in [0.1, 0.15) is 17.0 Å². The van der Waals surface area contributed by atoms with Crippen molar-refractivity contribution in [2.45, 2.75) is 20.5 Å². The molecule has 0 unspecified atom stereocenters. The Hall–Kier alpha value is -1.24. The zero-order valence-corrected chi connectivity index (χ0v) is 12.5. The molecule has 0 amide bonds. The quantitative estimate of drug-likeness (QED) is 0.855. The molecule has 5 nitrogen and oxygen atoms in total. The van der Waals surface area contributed by atoms with Crippen molar-refractivity contribution in [3.05, 3.63) is 33.6 Å². The first-order valence-corrected chi connectivity index (χ1v) is 6.78. The van der Waals surface area contributed by atoms with Crippen LogP contribution in [0.2, 0.25) is 0 Å². The fraction of sp³-hybridized carbons (Fsp3) is 0.385. The molecule has 0 atom stereocenters. The molecule has 0 radical (unpaired) electrons. The number of hydrogen-bond acceptors (Lipinski definition) is 5. The number of aryl methyl sites for hydroxylation is 2. The van der Waals surface area contributed by atoms with Gasteiger partial charge in [-0.05, 0) is 37.1 Å². The van der Waals surface area contributed by atoms with E-state index in [1.54, 1.807) is 0 Å². The molecule has 0 spiro atoms. The van der Waals surface area contributed by atoms with Gasteiger partial charge in [-0.3, -0.25) is 0 Å². The normalized spacial score (nSPS) is 10.9. The minimum Gasteiger partial charge on any atom is -0.370 e. The molecule has 19 heavy (non-hydrogen) atoms. The lowest BCUT2D eigenvalue weighted by atomic mass is 10.1. The van der Waals surface area contributed by atoms with Crippen LogP contribution in [0.4, 0.5) is 0 Å². The van der Waals surface area contributed by atoms with Crippen molar-refractivity contribution in [1.82, 2.24) is 10.1 Å². The Morgan fingerprint density at radius 2 is 2.00 bits per heavy atom. The molecule has 102 valence electrons. The molecule has 2 N–H and O–H groups in total. The van der Waals surface area contributed by atoms with E-state index in [4.69, 9.17) is 15.0 Å². The number of nitrogens with two attached hydrogens (primary N) is 1. The summed E-state index contributed by atoms with van der Waals surface area (Å²) in [5.74, 6) is 1.03. The highest BCUT2D eigenvalue weighted by Crippen LogP contribution is 2.27. The Morgan fingerprint density at radius 3 is 2.63 bits per heavy atom. The molecule has 0 aliphatic carbocycles. The largest absolute Gasteiger partial charge is 0.370 e. The Balaban J connectivity index is 2.18. The van der Waals surface area contributed by atoms with Crippen molar-refractivity contribution in [1.29, 1.82) is 0 Å². The van der Waals surface area contributed by atoms with Gasteiger partial charge in [0.2, 0.25) is 5.82 Å². The summed E-state index contributed by atoms with van der Waals surface area (Å²) in [4.78, 5) is 4.31. The van der Waals surface area contributed by atoms with Crippen LogP contribution >= 0.6 is 15.9 Å². The highest BCUT2D eigenvalue weighted by molar-refractivity contribution is 9.10. The summed E-state index contributed by atoms with van der Waals surface area (Å²) in [6.45, 7) is 5.32. The third kappa shape index (κ3) is 3.40. The molecular formula is C13H16BrN3O2. The minimum atomic E-state index is 0.290. The predicted molar refractivity (Wildman–Crippen MR) is 75.6 cm³/mol. The number of hydrogen-bond donors (Lipinski definition) is 1. The van der Waals surface area contributed by atoms with E-state index in [2.05, 4.69) is 26.1 Å². The van der Waals surface area contributed by atoms with Gasteiger partial charge >= 0.3 is 0 Å². The van der Waals surface area contributed by atoms with Crippen molar-refractivity contribution >= 4 is 15.9 Å². The van der Waals surface area contributed by atoms with Gasteiger partial charge in [0.1, 0.15) is 6.61 Å². The Bertz CT molecular complexity index is 546. The summed E-state index contributed by atoms with van der Waals surface area (Å²) in [6.07, 6.45) is 0. The first-order valence-electron chi connectivity index (χ1n) is 5.99. The topological polar surface area (TPSA) is 74.2 Å². The van der Waals surface area contributed by atoms with Gasteiger partial charge in [-0.15, -0.1) is 0 Å². The lowest BCUT2D eigenvalue weighted by molar-refractivity contribution is 0.104. The number of nitrogens with zero attached hydrogens (tertiary/aromatic N) is 2. The molecule has 0 saturated carbocycles. The van der Waals surface area contributed by atoms with Crippen LogP contribution in [-0.4, -0.2) is 23.3 Å². The SMILES string of the molecule is Cc1cc(-c2noc(COCCN)n2)cc(C)c1Br. The van der Waals surface area contributed by atoms with Gasteiger partial charge in [-0.1, -0.05) is 21.1 Å². The van der Waals surface area contributed by atoms with Crippen LogP contribution in [0, 0.1) is 13.8 Å². The van der Waals surface area contributed by atoms with E-state index in [1.807, 2.05) is 26.0 Å². The van der Waals surface area contributed by atoms with Crippen molar-refractivity contribution in [3.8, 4) is 11.4 Å². The van der Waals surface area contributed by atoms with Crippen LogP contribution in [0.5, 0.6) is 0 Å². The first-order chi connectivity index (χ1) is 9.11. The van der Waals surface area contributed by atoms with Crippen LogP contribution in [0.25, 0.3) is 11.4 Å². The van der Waals surface area contributed by atoms with E-state index < -0.39 is 0 Å². The molecule has 6 heteroatoms. The van der Waals surface area contributed by atoms with Crippen LogP contribution in [0.15, 0.2) is 21.1 Å². The summed E-state index contributed by atoms with van der Waals surface area (Å²) in [7, 11) is 0. The second-order valence-corrected chi connectivity index (χ2v) is 5.07. The molecule has 0 bridgehead atoms. The highest BCUT2D eigenvalue weighted by Gasteiger charge is 2.11. The molecule has 0 saturated heterocycles. The van der Waals surface area contributed by atoms with Crippen molar-refractivity contribution in [3.63, 3.8) is 0 Å². The lowest BCUT2D eigenvalue weighted by Crippen LogP contribution is -2.08. The van der Waals surface area contributed by atoms with Crippen LogP contribution in [-0.2, 0) is 11.3 Å². The Kier molecular flexibility index (Phi) is 4.68. The number of rotatable bonds is 5. The van der Waals surface area contributed by atoms with Crippen LogP contribution < -0.4 is 5.73 Å². The highest BCUT2D eigenvalue weighted by atomic mass is 79.9. The summed E-state index contributed by atoms with van der Waals surface area (Å²) in [6, 6.07) is 4.04. The summed E-state index contributed by atoms with van der Waals surface area (Å²) < 4.78 is 11.5. The summed E-state index contributed by atoms with van der Waals surface area (Å²) >= 11 is 3.54. The zero-order chi connectivity index (χ0) is 13.8. The summed E-state index contributed by atoms with van der Waals surface area (Å²) in [5.41, 5.74) is 8.56. The zero-order valence-electron chi connectivity index (χ0n) is 10.9. The molecular weight excluding hydrogens is 310 g/mol. The van der Waals surface area contributed by atoms with E-state index >= 15 is 0 Å². The Labute approximate surface area is 120 Å². The molecule has 1 aromatic heterocycles. The predicted octanol–water partition coefficient (Wildman–Crippen LogP) is 2.59. The maximum atomic E-state index is 5.34. The average molecular weight is 326 g/mol. The smallest absolute Gasteiger partial charge is 0.252 e. The third-order valence-electron chi connectivity index (χ3n) is 2.65. The van der Waals surface area contributed by atoms with Gasteiger partial charge in [-0.2, -0.15) is 4.98 Å². The maximum Gasteiger partial charge on any atom is 0.252 e. The average Bonchev–Trinajstić information content (AvgIpc) is 2.84. The molecule has 0 aliphatic rings.